The zero-order chi connectivity index (χ0) is 12.0. The third-order valence-corrected chi connectivity index (χ3v) is 4.61. The van der Waals surface area contributed by atoms with Crippen LogP contribution in [0.5, 0.6) is 0 Å². The normalized spacial score (nSPS) is 14.1. The molecule has 0 fully saturated rings. The SMILES string of the molecule is CCC(CC#N)S(=O)Cc1ccccc1Cl. The van der Waals surface area contributed by atoms with Crippen LogP contribution in [0.15, 0.2) is 24.3 Å². The lowest BCUT2D eigenvalue weighted by Gasteiger charge is -2.11. The van der Waals surface area contributed by atoms with Crippen molar-refractivity contribution in [2.24, 2.45) is 0 Å². The van der Waals surface area contributed by atoms with E-state index in [-0.39, 0.29) is 5.25 Å². The van der Waals surface area contributed by atoms with Crippen molar-refractivity contribution in [3.05, 3.63) is 34.9 Å². The first-order valence-corrected chi connectivity index (χ1v) is 6.92. The summed E-state index contributed by atoms with van der Waals surface area (Å²) in [7, 11) is -1.03. The van der Waals surface area contributed by atoms with Crippen molar-refractivity contribution >= 4 is 22.4 Å². The van der Waals surface area contributed by atoms with Crippen LogP contribution >= 0.6 is 11.6 Å². The molecular formula is C12H14ClNOS. The van der Waals surface area contributed by atoms with Crippen molar-refractivity contribution in [3.8, 4) is 6.07 Å². The Hall–Kier alpha value is -0.850. The highest BCUT2D eigenvalue weighted by Crippen LogP contribution is 2.19. The fraction of sp³-hybridized carbons (Fsp3) is 0.417. The molecule has 2 atom stereocenters. The van der Waals surface area contributed by atoms with Crippen LogP contribution in [0.4, 0.5) is 0 Å². The molecule has 0 bridgehead atoms. The Morgan fingerprint density at radius 2 is 2.19 bits per heavy atom. The summed E-state index contributed by atoms with van der Waals surface area (Å²) in [6, 6.07) is 9.47. The second-order valence-electron chi connectivity index (χ2n) is 3.51. The maximum absolute atomic E-state index is 12.0. The number of hydrogen-bond donors (Lipinski definition) is 0. The number of halogens is 1. The van der Waals surface area contributed by atoms with Gasteiger partial charge in [0.15, 0.2) is 0 Å². The van der Waals surface area contributed by atoms with Crippen molar-refractivity contribution in [2.45, 2.75) is 30.8 Å². The lowest BCUT2D eigenvalue weighted by Crippen LogP contribution is -2.15. The van der Waals surface area contributed by atoms with Crippen molar-refractivity contribution in [2.75, 3.05) is 0 Å². The Labute approximate surface area is 104 Å². The van der Waals surface area contributed by atoms with Gasteiger partial charge < -0.3 is 0 Å². The first kappa shape index (κ1) is 13.2. The van der Waals surface area contributed by atoms with Crippen LogP contribution in [0.1, 0.15) is 25.3 Å². The molecule has 16 heavy (non-hydrogen) atoms. The largest absolute Gasteiger partial charge is 0.259 e. The molecule has 0 amide bonds. The predicted octanol–water partition coefficient (Wildman–Crippen LogP) is 3.28. The molecule has 0 saturated carbocycles. The zero-order valence-electron chi connectivity index (χ0n) is 9.15. The molecule has 1 aromatic carbocycles. The first-order valence-electron chi connectivity index (χ1n) is 5.16. The first-order chi connectivity index (χ1) is 7.69. The molecule has 0 aromatic heterocycles. The van der Waals surface area contributed by atoms with Crippen LogP contribution in [0, 0.1) is 11.3 Å². The van der Waals surface area contributed by atoms with Gasteiger partial charge in [0, 0.05) is 27.5 Å². The standard InChI is InChI=1S/C12H14ClNOS/c1-2-11(7-8-14)16(15)9-10-5-3-4-6-12(10)13/h3-6,11H,2,7,9H2,1H3. The molecule has 86 valence electrons. The second kappa shape index (κ2) is 6.67. The van der Waals surface area contributed by atoms with E-state index in [9.17, 15) is 4.21 Å². The molecular weight excluding hydrogens is 242 g/mol. The molecule has 4 heteroatoms. The topological polar surface area (TPSA) is 40.9 Å². The van der Waals surface area contributed by atoms with Crippen LogP contribution < -0.4 is 0 Å². The van der Waals surface area contributed by atoms with Crippen LogP contribution in [-0.2, 0) is 16.6 Å². The van der Waals surface area contributed by atoms with Gasteiger partial charge in [0.1, 0.15) is 0 Å². The minimum atomic E-state index is -1.03. The molecule has 1 rings (SSSR count). The molecule has 0 heterocycles. The third-order valence-electron chi connectivity index (χ3n) is 2.40. The van der Waals surface area contributed by atoms with Crippen molar-refractivity contribution in [3.63, 3.8) is 0 Å². The summed E-state index contributed by atoms with van der Waals surface area (Å²) in [6.45, 7) is 1.95. The van der Waals surface area contributed by atoms with E-state index in [1.165, 1.54) is 0 Å². The number of benzene rings is 1. The van der Waals surface area contributed by atoms with E-state index in [2.05, 4.69) is 6.07 Å². The maximum Gasteiger partial charge on any atom is 0.0634 e. The molecule has 0 saturated heterocycles. The molecule has 0 aliphatic rings. The second-order valence-corrected chi connectivity index (χ2v) is 5.63. The molecule has 2 nitrogen and oxygen atoms in total. The van der Waals surface area contributed by atoms with Gasteiger partial charge in [-0.1, -0.05) is 36.7 Å². The van der Waals surface area contributed by atoms with Crippen molar-refractivity contribution in [1.29, 1.82) is 5.26 Å². The van der Waals surface area contributed by atoms with Gasteiger partial charge in [-0.2, -0.15) is 5.26 Å². The lowest BCUT2D eigenvalue weighted by atomic mass is 10.2. The van der Waals surface area contributed by atoms with E-state index in [1.807, 2.05) is 25.1 Å². The van der Waals surface area contributed by atoms with Gasteiger partial charge in [-0.25, -0.2) is 0 Å². The summed E-state index contributed by atoms with van der Waals surface area (Å²) >= 11 is 5.99. The Morgan fingerprint density at radius 3 is 2.75 bits per heavy atom. The molecule has 2 unspecified atom stereocenters. The Morgan fingerprint density at radius 1 is 1.50 bits per heavy atom. The Bertz CT molecular complexity index is 414. The smallest absolute Gasteiger partial charge is 0.0634 e. The third kappa shape index (κ3) is 3.62. The fourth-order valence-corrected chi connectivity index (χ4v) is 3.12. The van der Waals surface area contributed by atoms with Crippen LogP contribution in [0.2, 0.25) is 5.02 Å². The van der Waals surface area contributed by atoms with Gasteiger partial charge in [0.25, 0.3) is 0 Å². The predicted molar refractivity (Wildman–Crippen MR) is 67.6 cm³/mol. The highest BCUT2D eigenvalue weighted by Gasteiger charge is 2.15. The summed E-state index contributed by atoms with van der Waals surface area (Å²) in [4.78, 5) is 0. The summed E-state index contributed by atoms with van der Waals surface area (Å²) in [5.41, 5.74) is 0.888. The van der Waals surface area contributed by atoms with Crippen molar-refractivity contribution in [1.82, 2.24) is 0 Å². The minimum Gasteiger partial charge on any atom is -0.259 e. The number of nitrogens with zero attached hydrogens (tertiary/aromatic N) is 1. The molecule has 0 radical (unpaired) electrons. The summed E-state index contributed by atoms with van der Waals surface area (Å²) in [5.74, 6) is 0.430. The molecule has 0 aliphatic heterocycles. The Balaban J connectivity index is 2.71. The Kier molecular flexibility index (Phi) is 5.51. The average Bonchev–Trinajstić information content (AvgIpc) is 2.29. The van der Waals surface area contributed by atoms with Crippen LogP contribution in [0.3, 0.4) is 0 Å². The monoisotopic (exact) mass is 255 g/mol. The van der Waals surface area contributed by atoms with Gasteiger partial charge in [0.2, 0.25) is 0 Å². The highest BCUT2D eigenvalue weighted by molar-refractivity contribution is 7.84. The van der Waals surface area contributed by atoms with Gasteiger partial charge in [-0.05, 0) is 18.1 Å². The molecule has 0 aliphatic carbocycles. The fourth-order valence-electron chi connectivity index (χ4n) is 1.41. The van der Waals surface area contributed by atoms with Gasteiger partial charge in [0.05, 0.1) is 11.8 Å². The van der Waals surface area contributed by atoms with E-state index < -0.39 is 10.8 Å². The van der Waals surface area contributed by atoms with Gasteiger partial charge in [-0.3, -0.25) is 4.21 Å². The highest BCUT2D eigenvalue weighted by atomic mass is 35.5. The maximum atomic E-state index is 12.0. The van der Waals surface area contributed by atoms with Gasteiger partial charge >= 0.3 is 0 Å². The number of hydrogen-bond acceptors (Lipinski definition) is 2. The van der Waals surface area contributed by atoms with Gasteiger partial charge in [-0.15, -0.1) is 0 Å². The average molecular weight is 256 g/mol. The lowest BCUT2D eigenvalue weighted by molar-refractivity contribution is 0.664. The minimum absolute atomic E-state index is 0.0544. The molecule has 1 aromatic rings. The molecule has 0 N–H and O–H groups in total. The van der Waals surface area contributed by atoms with Crippen LogP contribution in [-0.4, -0.2) is 9.46 Å². The number of nitriles is 1. The summed E-state index contributed by atoms with van der Waals surface area (Å²) in [5, 5.41) is 9.21. The van der Waals surface area contributed by atoms with E-state index in [1.54, 1.807) is 6.07 Å². The van der Waals surface area contributed by atoms with E-state index >= 15 is 0 Å². The quantitative estimate of drug-likeness (QED) is 0.810. The number of rotatable bonds is 5. The van der Waals surface area contributed by atoms with E-state index in [0.29, 0.717) is 17.2 Å². The zero-order valence-corrected chi connectivity index (χ0v) is 10.7. The van der Waals surface area contributed by atoms with Crippen molar-refractivity contribution < 1.29 is 4.21 Å². The van der Waals surface area contributed by atoms with E-state index in [4.69, 9.17) is 16.9 Å². The summed E-state index contributed by atoms with van der Waals surface area (Å²) in [6.07, 6.45) is 1.10. The van der Waals surface area contributed by atoms with Crippen LogP contribution in [0.25, 0.3) is 0 Å². The van der Waals surface area contributed by atoms with E-state index in [0.717, 1.165) is 12.0 Å². The molecule has 0 spiro atoms. The summed E-state index contributed by atoms with van der Waals surface area (Å²) < 4.78 is 12.0.